The van der Waals surface area contributed by atoms with E-state index < -0.39 is 12.7 Å². The lowest BCUT2D eigenvalue weighted by Crippen LogP contribution is -2.57. The van der Waals surface area contributed by atoms with Crippen molar-refractivity contribution in [2.75, 3.05) is 19.6 Å². The number of likely N-dealkylation sites (tertiary alicyclic amines) is 1. The Hall–Kier alpha value is -0.290. The van der Waals surface area contributed by atoms with Gasteiger partial charge in [-0.3, -0.25) is 4.90 Å². The largest absolute Gasteiger partial charge is 0.401 e. The Morgan fingerprint density at radius 3 is 2.30 bits per heavy atom. The van der Waals surface area contributed by atoms with Crippen molar-refractivity contribution in [1.82, 2.24) is 10.2 Å². The highest BCUT2D eigenvalue weighted by atomic mass is 19.4. The second-order valence-corrected chi connectivity index (χ2v) is 7.12. The van der Waals surface area contributed by atoms with E-state index in [2.05, 4.69) is 31.0 Å². The molecule has 0 aromatic heterocycles. The van der Waals surface area contributed by atoms with Crippen molar-refractivity contribution in [2.45, 2.75) is 58.3 Å². The van der Waals surface area contributed by atoms with Crippen molar-refractivity contribution in [1.29, 1.82) is 0 Å². The lowest BCUT2D eigenvalue weighted by Gasteiger charge is -2.48. The minimum Gasteiger partial charge on any atom is -0.305 e. The fourth-order valence-electron chi connectivity index (χ4n) is 3.52. The first-order valence-electron chi connectivity index (χ1n) is 7.78. The molecule has 0 aromatic carbocycles. The summed E-state index contributed by atoms with van der Waals surface area (Å²) in [6.45, 7) is 7.57. The molecule has 20 heavy (non-hydrogen) atoms. The van der Waals surface area contributed by atoms with Crippen molar-refractivity contribution in [3.8, 4) is 0 Å². The molecule has 118 valence electrons. The monoisotopic (exact) mass is 292 g/mol. The Balaban J connectivity index is 1.90. The van der Waals surface area contributed by atoms with Gasteiger partial charge in [-0.25, -0.2) is 0 Å². The smallest absolute Gasteiger partial charge is 0.305 e. The molecule has 1 saturated carbocycles. The van der Waals surface area contributed by atoms with Gasteiger partial charge in [0.25, 0.3) is 0 Å². The SMILES string of the molecule is CC1CC(N2CC(NCC(F)(F)F)CC(C(C)C)C2)C1. The number of rotatable bonds is 4. The summed E-state index contributed by atoms with van der Waals surface area (Å²) in [4.78, 5) is 2.43. The van der Waals surface area contributed by atoms with Crippen LogP contribution in [0, 0.1) is 17.8 Å². The molecule has 1 saturated heterocycles. The molecule has 0 spiro atoms. The summed E-state index contributed by atoms with van der Waals surface area (Å²) in [5, 5.41) is 2.72. The van der Waals surface area contributed by atoms with Gasteiger partial charge in [0.2, 0.25) is 0 Å². The predicted molar refractivity (Wildman–Crippen MR) is 74.5 cm³/mol. The summed E-state index contributed by atoms with van der Waals surface area (Å²) in [7, 11) is 0. The van der Waals surface area contributed by atoms with E-state index in [-0.39, 0.29) is 6.04 Å². The van der Waals surface area contributed by atoms with Crippen LogP contribution in [0.3, 0.4) is 0 Å². The summed E-state index contributed by atoms with van der Waals surface area (Å²) >= 11 is 0. The average Bonchev–Trinajstić information content (AvgIpc) is 2.31. The third-order valence-electron chi connectivity index (χ3n) is 4.91. The van der Waals surface area contributed by atoms with Crippen LogP contribution < -0.4 is 5.32 Å². The molecule has 0 radical (unpaired) electrons. The summed E-state index contributed by atoms with van der Waals surface area (Å²) in [6.07, 6.45) is -0.833. The molecule has 2 atom stereocenters. The number of piperidine rings is 1. The zero-order valence-corrected chi connectivity index (χ0v) is 12.7. The first-order chi connectivity index (χ1) is 9.24. The van der Waals surface area contributed by atoms with Crippen LogP contribution in [0.1, 0.15) is 40.0 Å². The summed E-state index contributed by atoms with van der Waals surface area (Å²) in [6, 6.07) is 0.579. The molecule has 0 amide bonds. The fraction of sp³-hybridized carbons (Fsp3) is 1.00. The number of nitrogens with one attached hydrogen (secondary N) is 1. The number of nitrogens with zero attached hydrogens (tertiary/aromatic N) is 1. The zero-order chi connectivity index (χ0) is 14.9. The Morgan fingerprint density at radius 2 is 1.80 bits per heavy atom. The lowest BCUT2D eigenvalue weighted by molar-refractivity contribution is -0.128. The van der Waals surface area contributed by atoms with Gasteiger partial charge in [0, 0.05) is 25.2 Å². The van der Waals surface area contributed by atoms with Crippen LogP contribution in [-0.2, 0) is 0 Å². The van der Waals surface area contributed by atoms with Crippen molar-refractivity contribution >= 4 is 0 Å². The highest BCUT2D eigenvalue weighted by Crippen LogP contribution is 2.35. The molecular formula is C15H27F3N2. The third-order valence-corrected chi connectivity index (χ3v) is 4.91. The number of hydrogen-bond acceptors (Lipinski definition) is 2. The van der Waals surface area contributed by atoms with E-state index in [0.717, 1.165) is 25.4 Å². The highest BCUT2D eigenvalue weighted by molar-refractivity contribution is 4.92. The third kappa shape index (κ3) is 4.35. The standard InChI is InChI=1S/C15H27F3N2/c1-10(2)12-6-13(19-9-15(16,17)18)8-20(7-12)14-4-11(3)5-14/h10-14,19H,4-9H2,1-3H3. The maximum absolute atomic E-state index is 12.4. The molecule has 2 rings (SSSR count). The van der Waals surface area contributed by atoms with Gasteiger partial charge in [0.1, 0.15) is 0 Å². The van der Waals surface area contributed by atoms with Crippen molar-refractivity contribution in [3.63, 3.8) is 0 Å². The molecule has 1 heterocycles. The Kier molecular flexibility index (Phi) is 5.00. The van der Waals surface area contributed by atoms with E-state index in [4.69, 9.17) is 0 Å². The fourth-order valence-corrected chi connectivity index (χ4v) is 3.52. The topological polar surface area (TPSA) is 15.3 Å². The van der Waals surface area contributed by atoms with Gasteiger partial charge >= 0.3 is 6.18 Å². The average molecular weight is 292 g/mol. The van der Waals surface area contributed by atoms with E-state index in [1.807, 2.05) is 0 Å². The normalized spacial score (nSPS) is 36.1. The molecule has 2 aliphatic rings. The molecule has 1 aliphatic carbocycles. The van der Waals surface area contributed by atoms with Gasteiger partial charge in [-0.05, 0) is 37.0 Å². The van der Waals surface area contributed by atoms with Gasteiger partial charge < -0.3 is 5.32 Å². The summed E-state index contributed by atoms with van der Waals surface area (Å²) in [5.74, 6) is 1.82. The van der Waals surface area contributed by atoms with Crippen LogP contribution in [0.4, 0.5) is 13.2 Å². The van der Waals surface area contributed by atoms with Gasteiger partial charge in [-0.2, -0.15) is 13.2 Å². The summed E-state index contributed by atoms with van der Waals surface area (Å²) in [5.41, 5.74) is 0. The van der Waals surface area contributed by atoms with Crippen molar-refractivity contribution in [3.05, 3.63) is 0 Å². The van der Waals surface area contributed by atoms with Gasteiger partial charge in [0.05, 0.1) is 6.54 Å². The molecular weight excluding hydrogens is 265 g/mol. The molecule has 5 heteroatoms. The molecule has 2 nitrogen and oxygen atoms in total. The van der Waals surface area contributed by atoms with E-state index in [1.165, 1.54) is 12.8 Å². The Morgan fingerprint density at radius 1 is 1.15 bits per heavy atom. The lowest BCUT2D eigenvalue weighted by atomic mass is 9.77. The highest BCUT2D eigenvalue weighted by Gasteiger charge is 2.38. The van der Waals surface area contributed by atoms with Gasteiger partial charge in [0.15, 0.2) is 0 Å². The number of halogens is 3. The van der Waals surface area contributed by atoms with Crippen LogP contribution in [-0.4, -0.2) is 42.8 Å². The molecule has 0 bridgehead atoms. The van der Waals surface area contributed by atoms with Gasteiger partial charge in [-0.1, -0.05) is 20.8 Å². The molecule has 2 unspecified atom stereocenters. The van der Waals surface area contributed by atoms with E-state index in [0.29, 0.717) is 17.9 Å². The molecule has 1 N–H and O–H groups in total. The van der Waals surface area contributed by atoms with Crippen LogP contribution in [0.25, 0.3) is 0 Å². The van der Waals surface area contributed by atoms with Crippen molar-refractivity contribution in [2.24, 2.45) is 17.8 Å². The quantitative estimate of drug-likeness (QED) is 0.855. The van der Waals surface area contributed by atoms with Crippen LogP contribution in [0.15, 0.2) is 0 Å². The first kappa shape index (κ1) is 16.1. The summed E-state index contributed by atoms with van der Waals surface area (Å²) < 4.78 is 37.1. The van der Waals surface area contributed by atoms with Crippen LogP contribution in [0.5, 0.6) is 0 Å². The second kappa shape index (κ2) is 6.22. The first-order valence-corrected chi connectivity index (χ1v) is 7.78. The van der Waals surface area contributed by atoms with Crippen LogP contribution >= 0.6 is 0 Å². The molecule has 2 fully saturated rings. The molecule has 0 aromatic rings. The minimum absolute atomic E-state index is 0.0197. The number of alkyl halides is 3. The maximum Gasteiger partial charge on any atom is 0.401 e. The van der Waals surface area contributed by atoms with E-state index >= 15 is 0 Å². The van der Waals surface area contributed by atoms with Crippen LogP contribution in [0.2, 0.25) is 0 Å². The van der Waals surface area contributed by atoms with Crippen molar-refractivity contribution < 1.29 is 13.2 Å². The Labute approximate surface area is 120 Å². The number of hydrogen-bond donors (Lipinski definition) is 1. The van der Waals surface area contributed by atoms with E-state index in [1.54, 1.807) is 0 Å². The van der Waals surface area contributed by atoms with Gasteiger partial charge in [-0.15, -0.1) is 0 Å². The Bertz CT molecular complexity index is 311. The zero-order valence-electron chi connectivity index (χ0n) is 12.7. The van der Waals surface area contributed by atoms with E-state index in [9.17, 15) is 13.2 Å². The minimum atomic E-state index is -4.11. The maximum atomic E-state index is 12.4. The molecule has 1 aliphatic heterocycles. The predicted octanol–water partition coefficient (Wildman–Crippen LogP) is 3.28. The second-order valence-electron chi connectivity index (χ2n) is 7.12.